The number of alkyl halides is 3. The van der Waals surface area contributed by atoms with E-state index in [1.807, 2.05) is 0 Å². The van der Waals surface area contributed by atoms with Crippen LogP contribution in [0, 0.1) is 6.92 Å². The summed E-state index contributed by atoms with van der Waals surface area (Å²) in [4.78, 5) is 30.8. The monoisotopic (exact) mass is 595 g/mol. The van der Waals surface area contributed by atoms with Crippen LogP contribution >= 0.6 is 23.2 Å². The molecule has 0 atom stereocenters. The molecule has 40 heavy (non-hydrogen) atoms. The van der Waals surface area contributed by atoms with Gasteiger partial charge in [0.2, 0.25) is 0 Å². The maximum atomic E-state index is 13.6. The second-order valence-corrected chi connectivity index (χ2v) is 10.5. The Morgan fingerprint density at radius 2 is 1.80 bits per heavy atom. The first kappa shape index (κ1) is 29.0. The van der Waals surface area contributed by atoms with Gasteiger partial charge in [0.05, 0.1) is 28.5 Å². The zero-order chi connectivity index (χ0) is 29.4. The van der Waals surface area contributed by atoms with Gasteiger partial charge >= 0.3 is 6.18 Å². The number of anilines is 1. The van der Waals surface area contributed by atoms with Gasteiger partial charge in [0.15, 0.2) is 5.82 Å². The summed E-state index contributed by atoms with van der Waals surface area (Å²) >= 11 is 12.5. The Labute approximate surface area is 235 Å². The van der Waals surface area contributed by atoms with E-state index in [1.54, 1.807) is 39.8 Å². The predicted octanol–water partition coefficient (Wildman–Crippen LogP) is 4.72. The van der Waals surface area contributed by atoms with E-state index in [-0.39, 0.29) is 38.5 Å². The van der Waals surface area contributed by atoms with Gasteiger partial charge in [-0.1, -0.05) is 23.2 Å². The quantitative estimate of drug-likeness (QED) is 0.329. The maximum absolute atomic E-state index is 13.6. The van der Waals surface area contributed by atoms with E-state index < -0.39 is 35.9 Å². The second-order valence-electron chi connectivity index (χ2n) is 9.70. The van der Waals surface area contributed by atoms with Gasteiger partial charge in [0, 0.05) is 16.8 Å². The van der Waals surface area contributed by atoms with Crippen LogP contribution in [-0.4, -0.2) is 52.3 Å². The lowest BCUT2D eigenvalue weighted by atomic mass is 10.0. The maximum Gasteiger partial charge on any atom is 0.453 e. The van der Waals surface area contributed by atoms with Gasteiger partial charge in [0.25, 0.3) is 17.6 Å². The van der Waals surface area contributed by atoms with Gasteiger partial charge in [-0.05, 0) is 74.0 Å². The molecule has 4 rings (SSSR count). The van der Waals surface area contributed by atoms with Gasteiger partial charge in [-0.2, -0.15) is 18.3 Å². The Bertz CT molecular complexity index is 1590. The number of amides is 2. The molecule has 2 N–H and O–H groups in total. The molecule has 11 nitrogen and oxygen atoms in total. The van der Waals surface area contributed by atoms with Gasteiger partial charge in [-0.3, -0.25) is 9.59 Å². The number of carbonyl (C=O) groups excluding carboxylic acids is 2. The Kier molecular flexibility index (Phi) is 7.85. The molecular formula is C24H22Cl2F3N9O2. The highest BCUT2D eigenvalue weighted by Gasteiger charge is 2.38. The Hall–Kier alpha value is -4.04. The van der Waals surface area contributed by atoms with Gasteiger partial charge in [-0.15, -0.1) is 5.10 Å². The molecule has 210 valence electrons. The molecule has 0 saturated heterocycles. The first-order valence-corrected chi connectivity index (χ1v) is 12.4. The van der Waals surface area contributed by atoms with Crippen LogP contribution in [0.3, 0.4) is 0 Å². The smallest absolute Gasteiger partial charge is 0.347 e. The van der Waals surface area contributed by atoms with E-state index in [0.29, 0.717) is 10.2 Å². The van der Waals surface area contributed by atoms with E-state index in [1.165, 1.54) is 24.4 Å². The molecule has 16 heteroatoms. The Morgan fingerprint density at radius 1 is 1.07 bits per heavy atom. The molecule has 0 saturated carbocycles. The molecule has 0 fully saturated rings. The van der Waals surface area contributed by atoms with Crippen molar-refractivity contribution in [3.05, 3.63) is 74.9 Å². The third-order valence-electron chi connectivity index (χ3n) is 5.30. The first-order valence-electron chi connectivity index (χ1n) is 11.6. The van der Waals surface area contributed by atoms with Crippen LogP contribution in [0.2, 0.25) is 10.0 Å². The highest BCUT2D eigenvalue weighted by molar-refractivity contribution is 6.32. The number of nitrogens with one attached hydrogen (secondary N) is 2. The van der Waals surface area contributed by atoms with Crippen LogP contribution in [0.15, 0.2) is 36.5 Å². The number of halogens is 5. The van der Waals surface area contributed by atoms with E-state index in [9.17, 15) is 22.8 Å². The summed E-state index contributed by atoms with van der Waals surface area (Å²) in [7, 11) is 0. The lowest BCUT2D eigenvalue weighted by Crippen LogP contribution is -2.41. The molecule has 3 aromatic heterocycles. The van der Waals surface area contributed by atoms with E-state index in [2.05, 4.69) is 36.2 Å². The summed E-state index contributed by atoms with van der Waals surface area (Å²) in [5.74, 6) is -2.51. The number of pyridine rings is 1. The third kappa shape index (κ3) is 6.39. The molecule has 0 bridgehead atoms. The first-order chi connectivity index (χ1) is 18.6. The van der Waals surface area contributed by atoms with E-state index in [0.717, 1.165) is 4.68 Å². The number of rotatable bonds is 6. The summed E-state index contributed by atoms with van der Waals surface area (Å²) < 4.78 is 41.5. The van der Waals surface area contributed by atoms with Gasteiger partial charge in [-0.25, -0.2) is 14.3 Å². The standard InChI is InChI=1S/C24H22Cl2F3N9O2/c1-12-8-13(25)9-15(20(39)32-23(2,3)4)18(12)31-21(40)17-10-14(11-37-22(24(27,28)29)33-35-36-37)34-38(17)19-16(26)6-5-7-30-19/h5-10H,11H2,1-4H3,(H,31,40)(H,32,39). The second kappa shape index (κ2) is 10.8. The van der Waals surface area contributed by atoms with Crippen molar-refractivity contribution in [1.29, 1.82) is 0 Å². The zero-order valence-corrected chi connectivity index (χ0v) is 23.0. The van der Waals surface area contributed by atoms with Gasteiger partial charge in [0.1, 0.15) is 5.69 Å². The fourth-order valence-corrected chi connectivity index (χ4v) is 4.18. The molecule has 0 spiro atoms. The molecule has 2 amide bonds. The van der Waals surface area contributed by atoms with Crippen molar-refractivity contribution in [1.82, 2.24) is 40.3 Å². The topological polar surface area (TPSA) is 133 Å². The van der Waals surface area contributed by atoms with Crippen LogP contribution in [0.25, 0.3) is 5.82 Å². The van der Waals surface area contributed by atoms with Crippen molar-refractivity contribution >= 4 is 40.7 Å². The van der Waals surface area contributed by atoms with Crippen molar-refractivity contribution in [2.45, 2.75) is 46.0 Å². The Morgan fingerprint density at radius 3 is 2.45 bits per heavy atom. The van der Waals surface area contributed by atoms with Crippen LogP contribution in [-0.2, 0) is 12.7 Å². The Balaban J connectivity index is 1.77. The summed E-state index contributed by atoms with van der Waals surface area (Å²) in [6.45, 7) is 6.53. The zero-order valence-electron chi connectivity index (χ0n) is 21.5. The largest absolute Gasteiger partial charge is 0.453 e. The normalized spacial score (nSPS) is 11.9. The lowest BCUT2D eigenvalue weighted by molar-refractivity contribution is -0.147. The summed E-state index contributed by atoms with van der Waals surface area (Å²) in [5.41, 5.74) is 0.0717. The minimum absolute atomic E-state index is 0.00296. The van der Waals surface area contributed by atoms with Crippen LogP contribution in [0.1, 0.15) is 58.7 Å². The average Bonchev–Trinajstić information content (AvgIpc) is 3.47. The molecule has 0 aliphatic carbocycles. The number of tetrazole rings is 1. The molecule has 0 aliphatic heterocycles. The molecule has 1 aromatic carbocycles. The molecule has 0 unspecified atom stereocenters. The highest BCUT2D eigenvalue weighted by atomic mass is 35.5. The molecule has 0 aliphatic rings. The number of hydrogen-bond donors (Lipinski definition) is 2. The van der Waals surface area contributed by atoms with Gasteiger partial charge < -0.3 is 10.6 Å². The van der Waals surface area contributed by atoms with Crippen LogP contribution in [0.4, 0.5) is 18.9 Å². The molecular weight excluding hydrogens is 574 g/mol. The number of hydrogen-bond acceptors (Lipinski definition) is 7. The molecule has 3 heterocycles. The summed E-state index contributed by atoms with van der Waals surface area (Å²) in [5, 5.41) is 19.7. The third-order valence-corrected chi connectivity index (χ3v) is 5.81. The van der Waals surface area contributed by atoms with Crippen LogP contribution < -0.4 is 10.6 Å². The van der Waals surface area contributed by atoms with E-state index in [4.69, 9.17) is 23.2 Å². The van der Waals surface area contributed by atoms with Crippen molar-refractivity contribution in [3.8, 4) is 5.82 Å². The molecule has 4 aromatic rings. The van der Waals surface area contributed by atoms with Crippen molar-refractivity contribution in [3.63, 3.8) is 0 Å². The number of aromatic nitrogens is 7. The fourth-order valence-electron chi connectivity index (χ4n) is 3.71. The van der Waals surface area contributed by atoms with Crippen molar-refractivity contribution in [2.24, 2.45) is 0 Å². The summed E-state index contributed by atoms with van der Waals surface area (Å²) in [6, 6.07) is 7.31. The fraction of sp³-hybridized carbons (Fsp3) is 0.292. The minimum Gasteiger partial charge on any atom is -0.347 e. The van der Waals surface area contributed by atoms with Crippen LogP contribution in [0.5, 0.6) is 0 Å². The minimum atomic E-state index is -4.81. The average molecular weight is 596 g/mol. The summed E-state index contributed by atoms with van der Waals surface area (Å²) in [6.07, 6.45) is -3.40. The van der Waals surface area contributed by atoms with Crippen molar-refractivity contribution < 1.29 is 22.8 Å². The van der Waals surface area contributed by atoms with Crippen molar-refractivity contribution in [2.75, 3.05) is 5.32 Å². The predicted molar refractivity (Wildman–Crippen MR) is 140 cm³/mol. The number of carbonyl (C=O) groups is 2. The van der Waals surface area contributed by atoms with E-state index >= 15 is 0 Å². The number of aryl methyl sites for hydroxylation is 1. The lowest BCUT2D eigenvalue weighted by Gasteiger charge is -2.22. The number of benzene rings is 1. The highest BCUT2D eigenvalue weighted by Crippen LogP contribution is 2.29. The SMILES string of the molecule is Cc1cc(Cl)cc(C(=O)NC(C)(C)C)c1NC(=O)c1cc(Cn2nnnc2C(F)(F)F)nn1-c1ncccc1Cl. The number of nitrogens with zero attached hydrogens (tertiary/aromatic N) is 7. The molecule has 0 radical (unpaired) electrons.